The topological polar surface area (TPSA) is 52.6 Å². The lowest BCUT2D eigenvalue weighted by Gasteiger charge is -2.35. The second kappa shape index (κ2) is 5.87. The highest BCUT2D eigenvalue weighted by Gasteiger charge is 2.31. The van der Waals surface area contributed by atoms with E-state index in [0.717, 1.165) is 12.1 Å². The molecule has 98 valence electrons. The van der Waals surface area contributed by atoms with Crippen LogP contribution < -0.4 is 10.2 Å². The molecular formula is C14H20N2O2. The number of nitrogens with zero attached hydrogens (tertiary/aromatic N) is 1. The molecular weight excluding hydrogens is 228 g/mol. The lowest BCUT2D eigenvalue weighted by molar-refractivity contribution is -0.122. The van der Waals surface area contributed by atoms with Crippen molar-refractivity contribution < 1.29 is 9.90 Å². The molecule has 0 saturated carbocycles. The summed E-state index contributed by atoms with van der Waals surface area (Å²) in [5.74, 6) is 0.0113. The number of rotatable bonds is 3. The summed E-state index contributed by atoms with van der Waals surface area (Å²) < 4.78 is 0. The summed E-state index contributed by atoms with van der Waals surface area (Å²) in [5.41, 5.74) is 1.04. The number of aliphatic hydroxyl groups excluding tert-OH is 1. The first-order chi connectivity index (χ1) is 8.74. The van der Waals surface area contributed by atoms with E-state index in [9.17, 15) is 9.90 Å². The molecule has 1 fully saturated rings. The van der Waals surface area contributed by atoms with Crippen LogP contribution in [0.25, 0.3) is 0 Å². The number of aliphatic hydroxyl groups is 1. The van der Waals surface area contributed by atoms with Gasteiger partial charge in [-0.1, -0.05) is 18.2 Å². The summed E-state index contributed by atoms with van der Waals surface area (Å²) in [4.78, 5) is 14.2. The van der Waals surface area contributed by atoms with Gasteiger partial charge in [0.25, 0.3) is 0 Å². The molecule has 2 unspecified atom stereocenters. The molecule has 1 saturated heterocycles. The van der Waals surface area contributed by atoms with E-state index in [0.29, 0.717) is 13.0 Å². The van der Waals surface area contributed by atoms with Crippen LogP contribution in [0.2, 0.25) is 0 Å². The number of para-hydroxylation sites is 1. The maximum absolute atomic E-state index is 12.1. The first kappa shape index (κ1) is 12.9. The highest BCUT2D eigenvalue weighted by atomic mass is 16.3. The minimum Gasteiger partial charge on any atom is -0.396 e. The van der Waals surface area contributed by atoms with E-state index in [1.165, 1.54) is 0 Å². The average molecular weight is 248 g/mol. The van der Waals surface area contributed by atoms with Gasteiger partial charge < -0.3 is 15.3 Å². The fourth-order valence-corrected chi connectivity index (χ4v) is 2.52. The van der Waals surface area contributed by atoms with Crippen LogP contribution in [0.5, 0.6) is 0 Å². The Labute approximate surface area is 108 Å². The van der Waals surface area contributed by atoms with Gasteiger partial charge in [-0.05, 0) is 31.9 Å². The zero-order valence-corrected chi connectivity index (χ0v) is 10.7. The number of anilines is 1. The Balaban J connectivity index is 2.33. The summed E-state index contributed by atoms with van der Waals surface area (Å²) in [6.07, 6.45) is 1.38. The number of carbonyl (C=O) groups excluding carboxylic acids is 1. The van der Waals surface area contributed by atoms with E-state index in [1.807, 2.05) is 30.3 Å². The van der Waals surface area contributed by atoms with Gasteiger partial charge in [0.2, 0.25) is 5.91 Å². The van der Waals surface area contributed by atoms with Gasteiger partial charge in [-0.2, -0.15) is 0 Å². The predicted molar refractivity (Wildman–Crippen MR) is 71.5 cm³/mol. The van der Waals surface area contributed by atoms with Crippen LogP contribution in [0, 0.1) is 0 Å². The van der Waals surface area contributed by atoms with Crippen LogP contribution in [0.15, 0.2) is 30.3 Å². The van der Waals surface area contributed by atoms with Crippen molar-refractivity contribution in [2.45, 2.75) is 31.8 Å². The molecule has 2 N–H and O–H groups in total. The number of nitrogens with one attached hydrogen (secondary N) is 1. The third-order valence-electron chi connectivity index (χ3n) is 3.43. The van der Waals surface area contributed by atoms with Gasteiger partial charge >= 0.3 is 0 Å². The molecule has 18 heavy (non-hydrogen) atoms. The van der Waals surface area contributed by atoms with Crippen molar-refractivity contribution in [3.8, 4) is 0 Å². The van der Waals surface area contributed by atoms with Gasteiger partial charge in [0.05, 0.1) is 0 Å². The second-order valence-corrected chi connectivity index (χ2v) is 4.70. The van der Waals surface area contributed by atoms with Gasteiger partial charge in [0.1, 0.15) is 6.04 Å². The van der Waals surface area contributed by atoms with Gasteiger partial charge in [-0.3, -0.25) is 4.79 Å². The van der Waals surface area contributed by atoms with Gasteiger partial charge in [0.15, 0.2) is 0 Å². The number of benzene rings is 1. The Hall–Kier alpha value is -1.55. The summed E-state index contributed by atoms with van der Waals surface area (Å²) in [5, 5.41) is 12.1. The molecule has 0 radical (unpaired) electrons. The van der Waals surface area contributed by atoms with E-state index < -0.39 is 0 Å². The molecule has 1 amide bonds. The molecule has 0 aromatic heterocycles. The van der Waals surface area contributed by atoms with E-state index in [1.54, 1.807) is 0 Å². The van der Waals surface area contributed by atoms with Crippen molar-refractivity contribution in [2.75, 3.05) is 18.1 Å². The minimum atomic E-state index is -0.283. The maximum Gasteiger partial charge on any atom is 0.242 e. The van der Waals surface area contributed by atoms with Crippen molar-refractivity contribution in [3.63, 3.8) is 0 Å². The lowest BCUT2D eigenvalue weighted by atomic mass is 10.1. The smallest absolute Gasteiger partial charge is 0.242 e. The fraction of sp³-hybridized carbons (Fsp3) is 0.500. The average Bonchev–Trinajstić information content (AvgIpc) is 2.51. The first-order valence-corrected chi connectivity index (χ1v) is 6.46. The molecule has 1 aliphatic heterocycles. The minimum absolute atomic E-state index is 0.0113. The normalized spacial score (nSPS) is 24.6. The maximum atomic E-state index is 12.1. The largest absolute Gasteiger partial charge is 0.396 e. The molecule has 1 aromatic carbocycles. The number of carbonyl (C=O) groups is 1. The van der Waals surface area contributed by atoms with Crippen molar-refractivity contribution in [3.05, 3.63) is 30.3 Å². The lowest BCUT2D eigenvalue weighted by Crippen LogP contribution is -2.47. The fourth-order valence-electron chi connectivity index (χ4n) is 2.52. The van der Waals surface area contributed by atoms with Crippen LogP contribution >= 0.6 is 0 Å². The summed E-state index contributed by atoms with van der Waals surface area (Å²) >= 11 is 0. The zero-order chi connectivity index (χ0) is 13.0. The Bertz CT molecular complexity index is 394. The number of hydrogen-bond donors (Lipinski definition) is 2. The number of amides is 1. The van der Waals surface area contributed by atoms with Crippen molar-refractivity contribution >= 4 is 11.6 Å². The summed E-state index contributed by atoms with van der Waals surface area (Å²) in [6, 6.07) is 9.94. The molecule has 0 spiro atoms. The molecule has 1 aromatic rings. The second-order valence-electron chi connectivity index (χ2n) is 4.70. The SMILES string of the molecule is CC1CCNC(=O)C(CCO)N1c1ccccc1. The van der Waals surface area contributed by atoms with E-state index in [-0.39, 0.29) is 24.6 Å². The predicted octanol–water partition coefficient (Wildman–Crippen LogP) is 1.15. The van der Waals surface area contributed by atoms with Gasteiger partial charge in [-0.25, -0.2) is 0 Å². The Morgan fingerprint density at radius 1 is 1.39 bits per heavy atom. The van der Waals surface area contributed by atoms with Crippen molar-refractivity contribution in [1.82, 2.24) is 5.32 Å². The standard InChI is InChI=1S/C14H20N2O2/c1-11-7-9-15-14(18)13(8-10-17)16(11)12-5-3-2-4-6-12/h2-6,11,13,17H,7-10H2,1H3,(H,15,18). The molecule has 0 aliphatic carbocycles. The van der Waals surface area contributed by atoms with Crippen LogP contribution in [-0.4, -0.2) is 36.2 Å². The van der Waals surface area contributed by atoms with Gasteiger partial charge in [0, 0.05) is 24.9 Å². The Morgan fingerprint density at radius 2 is 2.11 bits per heavy atom. The Kier molecular flexibility index (Phi) is 4.20. The van der Waals surface area contributed by atoms with E-state index >= 15 is 0 Å². The van der Waals surface area contributed by atoms with Crippen molar-refractivity contribution in [2.24, 2.45) is 0 Å². The van der Waals surface area contributed by atoms with E-state index in [4.69, 9.17) is 0 Å². The number of hydrogen-bond acceptors (Lipinski definition) is 3. The van der Waals surface area contributed by atoms with Gasteiger partial charge in [-0.15, -0.1) is 0 Å². The molecule has 4 nitrogen and oxygen atoms in total. The van der Waals surface area contributed by atoms with Crippen LogP contribution in [0.4, 0.5) is 5.69 Å². The summed E-state index contributed by atoms with van der Waals surface area (Å²) in [6.45, 7) is 2.84. The monoisotopic (exact) mass is 248 g/mol. The Morgan fingerprint density at radius 3 is 2.78 bits per heavy atom. The molecule has 4 heteroatoms. The third kappa shape index (κ3) is 2.64. The highest BCUT2D eigenvalue weighted by molar-refractivity contribution is 5.85. The van der Waals surface area contributed by atoms with Crippen LogP contribution in [0.1, 0.15) is 19.8 Å². The molecule has 2 atom stereocenters. The highest BCUT2D eigenvalue weighted by Crippen LogP contribution is 2.24. The van der Waals surface area contributed by atoms with Crippen LogP contribution in [-0.2, 0) is 4.79 Å². The zero-order valence-electron chi connectivity index (χ0n) is 10.7. The molecule has 0 bridgehead atoms. The van der Waals surface area contributed by atoms with Crippen LogP contribution in [0.3, 0.4) is 0 Å². The first-order valence-electron chi connectivity index (χ1n) is 6.46. The van der Waals surface area contributed by atoms with Crippen molar-refractivity contribution in [1.29, 1.82) is 0 Å². The van der Waals surface area contributed by atoms with E-state index in [2.05, 4.69) is 17.1 Å². The third-order valence-corrected chi connectivity index (χ3v) is 3.43. The molecule has 2 rings (SSSR count). The quantitative estimate of drug-likeness (QED) is 0.844. The molecule has 1 heterocycles. The molecule has 1 aliphatic rings. The summed E-state index contributed by atoms with van der Waals surface area (Å²) in [7, 11) is 0.